The molecule has 2 aromatic carbocycles. The molecule has 2 aromatic rings. The van der Waals surface area contributed by atoms with E-state index in [4.69, 9.17) is 5.73 Å². The monoisotopic (exact) mass is 306 g/mol. The SMILES string of the molecule is Cc1cccc(C)c1N/C=C(/C#N)C(=O)Nc1ccc(N)cc1. The van der Waals surface area contributed by atoms with Crippen molar-refractivity contribution in [2.75, 3.05) is 16.4 Å². The molecule has 5 heteroatoms. The molecular formula is C18H18N4O. The minimum absolute atomic E-state index is 0.00974. The number of anilines is 3. The zero-order valence-electron chi connectivity index (χ0n) is 13.1. The minimum Gasteiger partial charge on any atom is -0.399 e. The summed E-state index contributed by atoms with van der Waals surface area (Å²) in [7, 11) is 0. The number of nitrogens with two attached hydrogens (primary N) is 1. The normalized spacial score (nSPS) is 10.7. The molecule has 0 aliphatic rings. The fraction of sp³-hybridized carbons (Fsp3) is 0.111. The molecular weight excluding hydrogens is 288 g/mol. The van der Waals surface area contributed by atoms with E-state index in [1.807, 2.05) is 38.1 Å². The molecule has 0 radical (unpaired) electrons. The van der Waals surface area contributed by atoms with Crippen LogP contribution in [0.1, 0.15) is 11.1 Å². The van der Waals surface area contributed by atoms with Gasteiger partial charge in [0.05, 0.1) is 0 Å². The number of carbonyl (C=O) groups is 1. The first-order valence-corrected chi connectivity index (χ1v) is 7.11. The van der Waals surface area contributed by atoms with Crippen LogP contribution in [0.3, 0.4) is 0 Å². The van der Waals surface area contributed by atoms with Crippen molar-refractivity contribution >= 4 is 23.0 Å². The summed E-state index contributed by atoms with van der Waals surface area (Å²) in [6, 6.07) is 14.5. The first kappa shape index (κ1) is 16.1. The molecule has 4 N–H and O–H groups in total. The van der Waals surface area contributed by atoms with Crippen molar-refractivity contribution in [3.8, 4) is 6.07 Å². The molecule has 0 atom stereocenters. The van der Waals surface area contributed by atoms with Crippen molar-refractivity contribution in [2.45, 2.75) is 13.8 Å². The van der Waals surface area contributed by atoms with Gasteiger partial charge in [0.15, 0.2) is 0 Å². The van der Waals surface area contributed by atoms with Gasteiger partial charge in [-0.2, -0.15) is 5.26 Å². The number of nitriles is 1. The standard InChI is InChI=1S/C18H18N4O/c1-12-4-3-5-13(2)17(12)21-11-14(10-19)18(23)22-16-8-6-15(20)7-9-16/h3-9,11,21H,20H2,1-2H3,(H,22,23)/b14-11-. The highest BCUT2D eigenvalue weighted by Crippen LogP contribution is 2.20. The largest absolute Gasteiger partial charge is 0.399 e. The number of amides is 1. The summed E-state index contributed by atoms with van der Waals surface area (Å²) < 4.78 is 0. The number of aryl methyl sites for hydroxylation is 2. The van der Waals surface area contributed by atoms with E-state index in [1.54, 1.807) is 24.3 Å². The van der Waals surface area contributed by atoms with E-state index in [9.17, 15) is 10.1 Å². The maximum atomic E-state index is 12.1. The van der Waals surface area contributed by atoms with Crippen LogP contribution in [0, 0.1) is 25.2 Å². The molecule has 1 amide bonds. The van der Waals surface area contributed by atoms with Crippen molar-refractivity contribution in [3.05, 3.63) is 65.4 Å². The van der Waals surface area contributed by atoms with E-state index >= 15 is 0 Å². The van der Waals surface area contributed by atoms with Crippen LogP contribution in [0.5, 0.6) is 0 Å². The van der Waals surface area contributed by atoms with E-state index < -0.39 is 5.91 Å². The van der Waals surface area contributed by atoms with Gasteiger partial charge in [0.2, 0.25) is 0 Å². The van der Waals surface area contributed by atoms with Crippen molar-refractivity contribution in [3.63, 3.8) is 0 Å². The smallest absolute Gasteiger partial charge is 0.267 e. The van der Waals surface area contributed by atoms with Gasteiger partial charge in [0.25, 0.3) is 5.91 Å². The Hall–Kier alpha value is -3.26. The predicted molar refractivity (Wildman–Crippen MR) is 92.7 cm³/mol. The van der Waals surface area contributed by atoms with Crippen molar-refractivity contribution in [1.82, 2.24) is 0 Å². The number of carbonyl (C=O) groups excluding carboxylic acids is 1. The van der Waals surface area contributed by atoms with E-state index in [0.717, 1.165) is 16.8 Å². The molecule has 5 nitrogen and oxygen atoms in total. The maximum absolute atomic E-state index is 12.1. The van der Waals surface area contributed by atoms with Gasteiger partial charge >= 0.3 is 0 Å². The Kier molecular flexibility index (Phi) is 5.00. The highest BCUT2D eigenvalue weighted by molar-refractivity contribution is 6.06. The summed E-state index contributed by atoms with van der Waals surface area (Å²) in [5.41, 5.74) is 9.74. The highest BCUT2D eigenvalue weighted by atomic mass is 16.1. The second-order valence-corrected chi connectivity index (χ2v) is 5.16. The lowest BCUT2D eigenvalue weighted by molar-refractivity contribution is -0.112. The second-order valence-electron chi connectivity index (χ2n) is 5.16. The van der Waals surface area contributed by atoms with E-state index in [2.05, 4.69) is 10.6 Å². The third-order valence-corrected chi connectivity index (χ3v) is 3.38. The third kappa shape index (κ3) is 4.11. The van der Waals surface area contributed by atoms with Gasteiger partial charge in [-0.3, -0.25) is 4.79 Å². The van der Waals surface area contributed by atoms with Crippen LogP contribution >= 0.6 is 0 Å². The number of rotatable bonds is 4. The fourth-order valence-electron chi connectivity index (χ4n) is 2.10. The Labute approximate surface area is 135 Å². The zero-order chi connectivity index (χ0) is 16.8. The van der Waals surface area contributed by atoms with E-state index in [1.165, 1.54) is 6.20 Å². The number of hydrogen-bond donors (Lipinski definition) is 3. The molecule has 0 heterocycles. The fourth-order valence-corrected chi connectivity index (χ4v) is 2.10. The Morgan fingerprint density at radius 3 is 2.30 bits per heavy atom. The Balaban J connectivity index is 2.14. The zero-order valence-corrected chi connectivity index (χ0v) is 13.1. The molecule has 0 aromatic heterocycles. The summed E-state index contributed by atoms with van der Waals surface area (Å²) in [5.74, 6) is -0.476. The molecule has 23 heavy (non-hydrogen) atoms. The van der Waals surface area contributed by atoms with Gasteiger partial charge in [-0.25, -0.2) is 0 Å². The molecule has 116 valence electrons. The summed E-state index contributed by atoms with van der Waals surface area (Å²) in [6.45, 7) is 3.92. The number of hydrogen-bond acceptors (Lipinski definition) is 4. The average Bonchev–Trinajstić information content (AvgIpc) is 2.52. The molecule has 0 unspecified atom stereocenters. The average molecular weight is 306 g/mol. The van der Waals surface area contributed by atoms with Crippen LogP contribution in [0.25, 0.3) is 0 Å². The summed E-state index contributed by atoms with van der Waals surface area (Å²) >= 11 is 0. The molecule has 0 bridgehead atoms. The number of para-hydroxylation sites is 1. The van der Waals surface area contributed by atoms with Crippen molar-refractivity contribution in [2.24, 2.45) is 0 Å². The van der Waals surface area contributed by atoms with Crippen molar-refractivity contribution < 1.29 is 4.79 Å². The van der Waals surface area contributed by atoms with E-state index in [0.29, 0.717) is 11.4 Å². The minimum atomic E-state index is -0.476. The number of nitrogens with one attached hydrogen (secondary N) is 2. The van der Waals surface area contributed by atoms with Crippen LogP contribution in [-0.2, 0) is 4.79 Å². The third-order valence-electron chi connectivity index (χ3n) is 3.38. The van der Waals surface area contributed by atoms with Gasteiger partial charge in [-0.15, -0.1) is 0 Å². The molecule has 2 rings (SSSR count). The van der Waals surface area contributed by atoms with Gasteiger partial charge in [0.1, 0.15) is 11.6 Å². The predicted octanol–water partition coefficient (Wildman–Crippen LogP) is 3.34. The first-order chi connectivity index (χ1) is 11.0. The Morgan fingerprint density at radius 2 is 1.74 bits per heavy atom. The Morgan fingerprint density at radius 1 is 1.13 bits per heavy atom. The first-order valence-electron chi connectivity index (χ1n) is 7.11. The van der Waals surface area contributed by atoms with Crippen LogP contribution in [0.15, 0.2) is 54.2 Å². The molecule has 0 aliphatic heterocycles. The van der Waals surface area contributed by atoms with Gasteiger partial charge in [0, 0.05) is 23.3 Å². The van der Waals surface area contributed by atoms with Gasteiger partial charge in [-0.05, 0) is 49.2 Å². The van der Waals surface area contributed by atoms with Crippen LogP contribution in [0.2, 0.25) is 0 Å². The number of benzene rings is 2. The Bertz CT molecular complexity index is 765. The second kappa shape index (κ2) is 7.14. The molecule has 0 saturated carbocycles. The highest BCUT2D eigenvalue weighted by Gasteiger charge is 2.10. The van der Waals surface area contributed by atoms with Crippen LogP contribution < -0.4 is 16.4 Å². The van der Waals surface area contributed by atoms with Gasteiger partial charge in [-0.1, -0.05) is 18.2 Å². The molecule has 0 saturated heterocycles. The van der Waals surface area contributed by atoms with Crippen LogP contribution in [-0.4, -0.2) is 5.91 Å². The van der Waals surface area contributed by atoms with E-state index in [-0.39, 0.29) is 5.57 Å². The summed E-state index contributed by atoms with van der Waals surface area (Å²) in [4.78, 5) is 12.1. The lowest BCUT2D eigenvalue weighted by atomic mass is 10.1. The quantitative estimate of drug-likeness (QED) is 0.459. The molecule has 0 aliphatic carbocycles. The number of nitrogen functional groups attached to an aromatic ring is 1. The topological polar surface area (TPSA) is 90.9 Å². The lowest BCUT2D eigenvalue weighted by Gasteiger charge is -2.10. The van der Waals surface area contributed by atoms with Crippen LogP contribution in [0.4, 0.5) is 17.1 Å². The summed E-state index contributed by atoms with van der Waals surface area (Å²) in [6.07, 6.45) is 1.42. The molecule has 0 spiro atoms. The van der Waals surface area contributed by atoms with Gasteiger partial charge < -0.3 is 16.4 Å². The lowest BCUT2D eigenvalue weighted by Crippen LogP contribution is -2.14. The van der Waals surface area contributed by atoms with Crippen molar-refractivity contribution in [1.29, 1.82) is 5.26 Å². The maximum Gasteiger partial charge on any atom is 0.267 e. The number of nitrogens with zero attached hydrogens (tertiary/aromatic N) is 1. The molecule has 0 fully saturated rings. The summed E-state index contributed by atoms with van der Waals surface area (Å²) in [5, 5.41) is 14.9.